The van der Waals surface area contributed by atoms with Gasteiger partial charge in [0.1, 0.15) is 0 Å². The van der Waals surface area contributed by atoms with Crippen molar-refractivity contribution in [2.45, 2.75) is 0 Å². The van der Waals surface area contributed by atoms with Crippen molar-refractivity contribution >= 4 is 17.6 Å². The molecule has 1 saturated heterocycles. The summed E-state index contributed by atoms with van der Waals surface area (Å²) >= 11 is 0. The molecule has 1 aromatic heterocycles. The molecule has 1 aromatic carbocycles. The lowest BCUT2D eigenvalue weighted by Crippen LogP contribution is -2.37. The Morgan fingerprint density at radius 3 is 3.00 bits per heavy atom. The number of hydrogen-bond donors (Lipinski definition) is 2. The number of amides is 3. The number of aryl methyl sites for hydroxylation is 1. The van der Waals surface area contributed by atoms with Crippen LogP contribution in [0.2, 0.25) is 0 Å². The number of nitrogens with zero attached hydrogens (tertiary/aromatic N) is 5. The molecule has 0 bridgehead atoms. The number of carbonyl (C=O) groups is 2. The molecule has 0 radical (unpaired) electrons. The van der Waals surface area contributed by atoms with Crippen molar-refractivity contribution in [2.24, 2.45) is 7.05 Å². The van der Waals surface area contributed by atoms with Crippen molar-refractivity contribution in [3.8, 4) is 11.4 Å². The molecule has 9 heteroatoms. The van der Waals surface area contributed by atoms with Crippen LogP contribution < -0.4 is 10.6 Å². The average molecular weight is 301 g/mol. The molecule has 1 fully saturated rings. The highest BCUT2D eigenvalue weighted by Gasteiger charge is 2.25. The standard InChI is InChI=1S/C13H15N7O2/c1-19-12(16-17-18-19)9-3-2-4-10(7-9)15-8-11(21)20-6-5-14-13(20)22/h2-4,7,15H,5-6,8H2,1H3,(H,14,22). The zero-order chi connectivity index (χ0) is 15.5. The van der Waals surface area contributed by atoms with E-state index in [4.69, 9.17) is 0 Å². The molecule has 0 aliphatic carbocycles. The Kier molecular flexibility index (Phi) is 3.69. The zero-order valence-corrected chi connectivity index (χ0v) is 12.0. The van der Waals surface area contributed by atoms with Gasteiger partial charge in [0.05, 0.1) is 6.54 Å². The second-order valence-corrected chi connectivity index (χ2v) is 4.84. The molecule has 2 N–H and O–H groups in total. The first-order valence-corrected chi connectivity index (χ1v) is 6.80. The van der Waals surface area contributed by atoms with Crippen molar-refractivity contribution in [3.63, 3.8) is 0 Å². The molecule has 1 aliphatic heterocycles. The van der Waals surface area contributed by atoms with Crippen molar-refractivity contribution in [2.75, 3.05) is 25.0 Å². The van der Waals surface area contributed by atoms with E-state index in [2.05, 4.69) is 26.2 Å². The van der Waals surface area contributed by atoms with Gasteiger partial charge in [-0.3, -0.25) is 9.69 Å². The lowest BCUT2D eigenvalue weighted by atomic mass is 10.2. The van der Waals surface area contributed by atoms with Crippen LogP contribution in [0, 0.1) is 0 Å². The Bertz CT molecular complexity index is 712. The summed E-state index contributed by atoms with van der Waals surface area (Å²) in [7, 11) is 1.75. The average Bonchev–Trinajstić information content (AvgIpc) is 3.13. The van der Waals surface area contributed by atoms with Crippen molar-refractivity contribution < 1.29 is 9.59 Å². The quantitative estimate of drug-likeness (QED) is 0.813. The van der Waals surface area contributed by atoms with Gasteiger partial charge >= 0.3 is 6.03 Å². The maximum atomic E-state index is 12.0. The summed E-state index contributed by atoms with van der Waals surface area (Å²) < 4.78 is 1.57. The van der Waals surface area contributed by atoms with Crippen LogP contribution in [0.25, 0.3) is 11.4 Å². The highest BCUT2D eigenvalue weighted by atomic mass is 16.2. The predicted molar refractivity (Wildman–Crippen MR) is 77.8 cm³/mol. The van der Waals surface area contributed by atoms with E-state index >= 15 is 0 Å². The van der Waals surface area contributed by atoms with Crippen molar-refractivity contribution in [1.29, 1.82) is 0 Å². The number of imide groups is 1. The smallest absolute Gasteiger partial charge is 0.324 e. The fraction of sp³-hybridized carbons (Fsp3) is 0.308. The van der Waals surface area contributed by atoms with Gasteiger partial charge in [0, 0.05) is 31.4 Å². The van der Waals surface area contributed by atoms with Gasteiger partial charge in [-0.15, -0.1) is 5.10 Å². The van der Waals surface area contributed by atoms with Crippen LogP contribution in [0.15, 0.2) is 24.3 Å². The molecule has 0 spiro atoms. The maximum Gasteiger partial charge on any atom is 0.324 e. The normalized spacial score (nSPS) is 14.0. The molecule has 3 rings (SSSR count). The minimum atomic E-state index is -0.342. The zero-order valence-electron chi connectivity index (χ0n) is 12.0. The molecule has 3 amide bonds. The van der Waals surface area contributed by atoms with Crippen molar-refractivity contribution in [1.82, 2.24) is 30.4 Å². The molecule has 9 nitrogen and oxygen atoms in total. The topological polar surface area (TPSA) is 105 Å². The molecule has 114 valence electrons. The summed E-state index contributed by atoms with van der Waals surface area (Å²) in [5, 5.41) is 16.9. The Morgan fingerprint density at radius 1 is 1.45 bits per heavy atom. The van der Waals surface area contributed by atoms with E-state index in [0.717, 1.165) is 11.3 Å². The minimum absolute atomic E-state index is 0.0495. The first-order valence-electron chi connectivity index (χ1n) is 6.80. The third-order valence-electron chi connectivity index (χ3n) is 3.34. The van der Waals surface area contributed by atoms with E-state index in [1.165, 1.54) is 4.90 Å². The fourth-order valence-corrected chi connectivity index (χ4v) is 2.22. The van der Waals surface area contributed by atoms with Crippen LogP contribution in [0.5, 0.6) is 0 Å². The van der Waals surface area contributed by atoms with Crippen molar-refractivity contribution in [3.05, 3.63) is 24.3 Å². The second kappa shape index (κ2) is 5.80. The Labute approximate surface area is 126 Å². The number of benzene rings is 1. The van der Waals surface area contributed by atoms with Gasteiger partial charge in [0.25, 0.3) is 0 Å². The second-order valence-electron chi connectivity index (χ2n) is 4.84. The van der Waals surface area contributed by atoms with E-state index < -0.39 is 0 Å². The lowest BCUT2D eigenvalue weighted by Gasteiger charge is -2.13. The van der Waals surface area contributed by atoms with Gasteiger partial charge in [-0.2, -0.15) is 0 Å². The van der Waals surface area contributed by atoms with E-state index in [0.29, 0.717) is 18.9 Å². The van der Waals surface area contributed by atoms with E-state index in [9.17, 15) is 9.59 Å². The van der Waals surface area contributed by atoms with Gasteiger partial charge in [0.15, 0.2) is 5.82 Å². The van der Waals surface area contributed by atoms with E-state index in [-0.39, 0.29) is 18.5 Å². The fourth-order valence-electron chi connectivity index (χ4n) is 2.22. The van der Waals surface area contributed by atoms with E-state index in [1.807, 2.05) is 24.3 Å². The summed E-state index contributed by atoms with van der Waals surface area (Å²) in [6, 6.07) is 7.07. The van der Waals surface area contributed by atoms with E-state index in [1.54, 1.807) is 11.7 Å². The molecule has 22 heavy (non-hydrogen) atoms. The highest BCUT2D eigenvalue weighted by Crippen LogP contribution is 2.19. The largest absolute Gasteiger partial charge is 0.376 e. The summed E-state index contributed by atoms with van der Waals surface area (Å²) in [5.41, 5.74) is 1.59. The van der Waals surface area contributed by atoms with Crippen LogP contribution in [0.3, 0.4) is 0 Å². The van der Waals surface area contributed by atoms with Crippen LogP contribution >= 0.6 is 0 Å². The summed E-state index contributed by atoms with van der Waals surface area (Å²) in [4.78, 5) is 24.6. The van der Waals surface area contributed by atoms with Crippen LogP contribution in [0.1, 0.15) is 0 Å². The summed E-state index contributed by atoms with van der Waals surface area (Å²) in [6.45, 7) is 0.956. The number of rotatable bonds is 4. The Hall–Kier alpha value is -2.97. The molecule has 2 heterocycles. The molecular formula is C13H15N7O2. The Morgan fingerprint density at radius 2 is 2.32 bits per heavy atom. The number of nitrogens with one attached hydrogen (secondary N) is 2. The molecule has 0 atom stereocenters. The number of aromatic nitrogens is 4. The highest BCUT2D eigenvalue weighted by molar-refractivity contribution is 5.97. The van der Waals surface area contributed by atoms with Crippen LogP contribution in [0.4, 0.5) is 10.5 Å². The summed E-state index contributed by atoms with van der Waals surface area (Å²) in [5.74, 6) is 0.370. The number of anilines is 1. The van der Waals surface area contributed by atoms with Crippen LogP contribution in [-0.2, 0) is 11.8 Å². The Balaban J connectivity index is 1.67. The van der Waals surface area contributed by atoms with Gasteiger partial charge in [-0.05, 0) is 22.6 Å². The molecule has 0 unspecified atom stereocenters. The number of urea groups is 1. The first kappa shape index (κ1) is 14.0. The van der Waals surface area contributed by atoms with Gasteiger partial charge in [0.2, 0.25) is 5.91 Å². The van der Waals surface area contributed by atoms with Crippen LogP contribution in [-0.4, -0.2) is 56.7 Å². The van der Waals surface area contributed by atoms with Gasteiger partial charge in [-0.25, -0.2) is 9.48 Å². The third kappa shape index (κ3) is 2.73. The molecule has 1 aliphatic rings. The van der Waals surface area contributed by atoms with Gasteiger partial charge in [-0.1, -0.05) is 12.1 Å². The monoisotopic (exact) mass is 301 g/mol. The van der Waals surface area contributed by atoms with Gasteiger partial charge < -0.3 is 10.6 Å². The number of carbonyl (C=O) groups excluding carboxylic acids is 2. The summed E-state index contributed by atoms with van der Waals surface area (Å²) in [6.07, 6.45) is 0. The molecule has 2 aromatic rings. The first-order chi connectivity index (χ1) is 10.6. The molecular weight excluding hydrogens is 286 g/mol. The SMILES string of the molecule is Cn1nnnc1-c1cccc(NCC(=O)N2CCNC2=O)c1. The predicted octanol–water partition coefficient (Wildman–Crippen LogP) is -0.159. The lowest BCUT2D eigenvalue weighted by molar-refractivity contribution is -0.125. The maximum absolute atomic E-state index is 12.0. The number of hydrogen-bond acceptors (Lipinski definition) is 6. The minimum Gasteiger partial charge on any atom is -0.376 e. The molecule has 0 saturated carbocycles. The third-order valence-corrected chi connectivity index (χ3v) is 3.34. The number of tetrazole rings is 1.